The topological polar surface area (TPSA) is 74.3 Å². The van der Waals surface area contributed by atoms with Crippen molar-refractivity contribution in [1.82, 2.24) is 15.0 Å². The highest BCUT2D eigenvalue weighted by Crippen LogP contribution is 2.33. The van der Waals surface area contributed by atoms with E-state index in [0.717, 1.165) is 57.5 Å². The molecule has 0 aliphatic rings. The van der Waals surface area contributed by atoms with Crippen LogP contribution in [0.5, 0.6) is 11.5 Å². The summed E-state index contributed by atoms with van der Waals surface area (Å²) < 4.78 is 5.39. The van der Waals surface area contributed by atoms with E-state index in [9.17, 15) is 5.11 Å². The molecule has 2 N–H and O–H groups in total. The van der Waals surface area contributed by atoms with Crippen molar-refractivity contribution in [3.8, 4) is 22.8 Å². The molecular formula is C26H24N4O2. The van der Waals surface area contributed by atoms with E-state index in [1.165, 1.54) is 5.56 Å². The minimum atomic E-state index is 0.279. The Morgan fingerprint density at radius 2 is 1.88 bits per heavy atom. The van der Waals surface area contributed by atoms with Crippen LogP contribution >= 0.6 is 0 Å². The third-order valence-corrected chi connectivity index (χ3v) is 5.84. The molecule has 3 aromatic heterocycles. The highest BCUT2D eigenvalue weighted by molar-refractivity contribution is 5.90. The summed E-state index contributed by atoms with van der Waals surface area (Å²) >= 11 is 0. The molecule has 0 radical (unpaired) electrons. The predicted molar refractivity (Wildman–Crippen MR) is 128 cm³/mol. The lowest BCUT2D eigenvalue weighted by Crippen LogP contribution is -2.21. The van der Waals surface area contributed by atoms with Gasteiger partial charge in [0.2, 0.25) is 0 Å². The molecule has 160 valence electrons. The maximum Gasteiger partial charge on any atom is 0.121 e. The molecule has 0 saturated heterocycles. The number of nitrogens with zero attached hydrogens (tertiary/aromatic N) is 3. The second-order valence-electron chi connectivity index (χ2n) is 7.87. The average molecular weight is 425 g/mol. The molecule has 5 rings (SSSR count). The number of hydrogen-bond acceptors (Lipinski definition) is 5. The highest BCUT2D eigenvalue weighted by Gasteiger charge is 2.15. The fraction of sp³-hybridized carbons (Fsp3) is 0.154. The number of ether oxygens (including phenoxy) is 1. The number of H-pyrrole nitrogens is 1. The van der Waals surface area contributed by atoms with E-state index in [4.69, 9.17) is 9.72 Å². The number of nitrogens with one attached hydrogen (secondary N) is 1. The lowest BCUT2D eigenvalue weighted by molar-refractivity contribution is 0.415. The molecule has 0 fully saturated rings. The number of hydrogen-bond donors (Lipinski definition) is 2. The molecule has 0 aliphatic carbocycles. The Labute approximate surface area is 186 Å². The number of benzene rings is 2. The summed E-state index contributed by atoms with van der Waals surface area (Å²) in [5.74, 6) is 1.07. The number of fused-ring (bicyclic) bond motifs is 2. The summed E-state index contributed by atoms with van der Waals surface area (Å²) in [5, 5.41) is 12.0. The summed E-state index contributed by atoms with van der Waals surface area (Å²) in [5.41, 5.74) is 6.07. The molecule has 6 nitrogen and oxygen atoms in total. The van der Waals surface area contributed by atoms with Gasteiger partial charge in [0.25, 0.3) is 0 Å². The van der Waals surface area contributed by atoms with Crippen molar-refractivity contribution in [2.24, 2.45) is 0 Å². The van der Waals surface area contributed by atoms with Crippen LogP contribution in [-0.2, 0) is 6.42 Å². The highest BCUT2D eigenvalue weighted by atomic mass is 16.5. The maximum atomic E-state index is 9.88. The smallest absolute Gasteiger partial charge is 0.121 e. The Balaban J connectivity index is 1.51. The molecule has 0 unspecified atom stereocenters. The van der Waals surface area contributed by atoms with Crippen molar-refractivity contribution in [2.75, 3.05) is 25.6 Å². The van der Waals surface area contributed by atoms with Crippen molar-refractivity contribution in [2.45, 2.75) is 6.42 Å². The first-order chi connectivity index (χ1) is 15.6. The van der Waals surface area contributed by atoms with Crippen molar-refractivity contribution >= 4 is 27.5 Å². The van der Waals surface area contributed by atoms with E-state index in [1.807, 2.05) is 48.7 Å². The van der Waals surface area contributed by atoms with Crippen LogP contribution in [0.25, 0.3) is 33.1 Å². The number of pyridine rings is 2. The quantitative estimate of drug-likeness (QED) is 0.393. The van der Waals surface area contributed by atoms with Crippen molar-refractivity contribution in [1.29, 1.82) is 0 Å². The molecule has 0 bridgehead atoms. The predicted octanol–water partition coefficient (Wildman–Crippen LogP) is 5.17. The zero-order valence-electron chi connectivity index (χ0n) is 18.0. The summed E-state index contributed by atoms with van der Waals surface area (Å²) in [6.45, 7) is 0.796. The summed E-state index contributed by atoms with van der Waals surface area (Å²) in [4.78, 5) is 14.7. The zero-order chi connectivity index (χ0) is 22.1. The number of methoxy groups -OCH3 is 1. The van der Waals surface area contributed by atoms with E-state index in [0.29, 0.717) is 0 Å². The number of rotatable bonds is 6. The van der Waals surface area contributed by atoms with Crippen LogP contribution in [0.2, 0.25) is 0 Å². The molecule has 3 heterocycles. The van der Waals surface area contributed by atoms with Crippen LogP contribution in [0.1, 0.15) is 5.56 Å². The lowest BCUT2D eigenvalue weighted by atomic mass is 10.1. The third kappa shape index (κ3) is 3.71. The Kier molecular flexibility index (Phi) is 5.11. The van der Waals surface area contributed by atoms with Gasteiger partial charge >= 0.3 is 0 Å². The van der Waals surface area contributed by atoms with Gasteiger partial charge in [-0.1, -0.05) is 0 Å². The number of anilines is 1. The zero-order valence-corrected chi connectivity index (χ0v) is 18.0. The van der Waals surface area contributed by atoms with Crippen LogP contribution in [-0.4, -0.2) is 40.8 Å². The van der Waals surface area contributed by atoms with Crippen LogP contribution in [0.3, 0.4) is 0 Å². The number of aromatic amines is 1. The first-order valence-corrected chi connectivity index (χ1v) is 10.5. The van der Waals surface area contributed by atoms with Gasteiger partial charge in [0, 0.05) is 60.1 Å². The Morgan fingerprint density at radius 1 is 1.03 bits per heavy atom. The largest absolute Gasteiger partial charge is 0.508 e. The number of likely N-dealkylation sites (N-methyl/N-ethyl adjacent to an activating group) is 1. The molecule has 0 spiro atoms. The molecule has 6 heteroatoms. The fourth-order valence-electron chi connectivity index (χ4n) is 4.06. The molecule has 2 aromatic carbocycles. The standard InChI is InChI=1S/C26H24N4O2/c1-30(12-9-19-16-28-23-6-4-20(31)14-22(19)23)25-13-18-3-5-21(32-2)15-24(18)29-26(25)17-7-10-27-11-8-17/h3-8,10-11,13-16,28,31H,9,12H2,1-2H3. The Bertz CT molecular complexity index is 1400. The molecule has 0 aliphatic heterocycles. The van der Waals surface area contributed by atoms with E-state index in [2.05, 4.69) is 28.0 Å². The molecule has 32 heavy (non-hydrogen) atoms. The Hall–Kier alpha value is -4.06. The maximum absolute atomic E-state index is 9.88. The van der Waals surface area contributed by atoms with E-state index >= 15 is 0 Å². The van der Waals surface area contributed by atoms with E-state index in [1.54, 1.807) is 25.6 Å². The van der Waals surface area contributed by atoms with Gasteiger partial charge < -0.3 is 19.7 Å². The summed E-state index contributed by atoms with van der Waals surface area (Å²) in [6, 6.07) is 17.5. The molecule has 0 saturated carbocycles. The lowest BCUT2D eigenvalue weighted by Gasteiger charge is -2.23. The van der Waals surface area contributed by atoms with E-state index in [-0.39, 0.29) is 5.75 Å². The number of phenols is 1. The number of phenolic OH excluding ortho intramolecular Hbond substituents is 1. The summed E-state index contributed by atoms with van der Waals surface area (Å²) in [7, 11) is 3.75. The van der Waals surface area contributed by atoms with Crippen molar-refractivity contribution in [3.63, 3.8) is 0 Å². The number of aromatic hydroxyl groups is 1. The minimum Gasteiger partial charge on any atom is -0.508 e. The van der Waals surface area contributed by atoms with E-state index < -0.39 is 0 Å². The second-order valence-corrected chi connectivity index (χ2v) is 7.87. The van der Waals surface area contributed by atoms with Gasteiger partial charge in [0.1, 0.15) is 11.5 Å². The van der Waals surface area contributed by atoms with Crippen LogP contribution < -0.4 is 9.64 Å². The normalized spacial score (nSPS) is 11.2. The third-order valence-electron chi connectivity index (χ3n) is 5.84. The van der Waals surface area contributed by atoms with Gasteiger partial charge in [-0.3, -0.25) is 4.98 Å². The summed E-state index contributed by atoms with van der Waals surface area (Å²) in [6.07, 6.45) is 6.42. The minimum absolute atomic E-state index is 0.279. The van der Waals surface area contributed by atoms with Crippen molar-refractivity contribution in [3.05, 3.63) is 78.8 Å². The SMILES string of the molecule is COc1ccc2cc(N(C)CCc3c[nH]c4ccc(O)cc34)c(-c3ccncc3)nc2c1. The molecule has 0 amide bonds. The van der Waals surface area contributed by atoms with Crippen LogP contribution in [0.15, 0.2) is 73.2 Å². The van der Waals surface area contributed by atoms with Crippen LogP contribution in [0, 0.1) is 0 Å². The van der Waals surface area contributed by atoms with Gasteiger partial charge in [-0.2, -0.15) is 0 Å². The Morgan fingerprint density at radius 3 is 2.69 bits per heavy atom. The number of aromatic nitrogens is 3. The fourth-order valence-corrected chi connectivity index (χ4v) is 4.06. The molecular weight excluding hydrogens is 400 g/mol. The van der Waals surface area contributed by atoms with Crippen LogP contribution in [0.4, 0.5) is 5.69 Å². The monoisotopic (exact) mass is 424 g/mol. The van der Waals surface area contributed by atoms with Gasteiger partial charge in [0.05, 0.1) is 24.0 Å². The first kappa shape index (κ1) is 19.9. The van der Waals surface area contributed by atoms with Gasteiger partial charge in [-0.05, 0) is 60.5 Å². The average Bonchev–Trinajstić information content (AvgIpc) is 3.23. The second kappa shape index (κ2) is 8.23. The van der Waals surface area contributed by atoms with Crippen molar-refractivity contribution < 1.29 is 9.84 Å². The molecule has 0 atom stereocenters. The van der Waals surface area contributed by atoms with Gasteiger partial charge in [-0.25, -0.2) is 4.98 Å². The van der Waals surface area contributed by atoms with Gasteiger partial charge in [0.15, 0.2) is 0 Å². The van der Waals surface area contributed by atoms with Gasteiger partial charge in [-0.15, -0.1) is 0 Å². The molecule has 5 aromatic rings. The first-order valence-electron chi connectivity index (χ1n) is 10.5.